The first-order valence-electron chi connectivity index (χ1n) is 9.84. The van der Waals surface area contributed by atoms with Gasteiger partial charge in [-0.3, -0.25) is 9.78 Å². The zero-order valence-corrected chi connectivity index (χ0v) is 18.0. The number of thioether (sulfide) groups is 1. The van der Waals surface area contributed by atoms with E-state index in [1.807, 2.05) is 54.8 Å². The molecule has 0 spiro atoms. The number of aromatic nitrogens is 1. The summed E-state index contributed by atoms with van der Waals surface area (Å²) in [7, 11) is 0. The highest BCUT2D eigenvalue weighted by Gasteiger charge is 2.25. The third kappa shape index (κ3) is 6.33. The molecule has 0 aliphatic heterocycles. The molecule has 0 saturated heterocycles. The normalized spacial score (nSPS) is 15.6. The Hall–Kier alpha value is -3.32. The second-order valence-corrected chi connectivity index (χ2v) is 7.88. The molecule has 0 radical (unpaired) electrons. The van der Waals surface area contributed by atoms with Gasteiger partial charge in [-0.15, -0.1) is 0 Å². The number of carboxylic acid groups (broad SMARTS) is 1. The highest BCUT2D eigenvalue weighted by molar-refractivity contribution is 7.98. The Morgan fingerprint density at radius 2 is 2.06 bits per heavy atom. The molecule has 31 heavy (non-hydrogen) atoms. The number of allylic oxidation sites excluding steroid dienone is 3. The number of hydrogen-bond donors (Lipinski definition) is 2. The van der Waals surface area contributed by atoms with Crippen molar-refractivity contribution in [1.82, 2.24) is 10.3 Å². The number of rotatable bonds is 9. The van der Waals surface area contributed by atoms with Crippen LogP contribution in [0.1, 0.15) is 18.4 Å². The quantitative estimate of drug-likeness (QED) is 0.576. The molecule has 1 aliphatic rings. The van der Waals surface area contributed by atoms with Crippen molar-refractivity contribution >= 4 is 29.2 Å². The first-order chi connectivity index (χ1) is 15.1. The van der Waals surface area contributed by atoms with Crippen molar-refractivity contribution in [2.45, 2.75) is 18.9 Å². The van der Waals surface area contributed by atoms with Crippen LogP contribution in [0.3, 0.4) is 0 Å². The van der Waals surface area contributed by atoms with Crippen LogP contribution in [0.5, 0.6) is 5.75 Å². The number of nitrogens with one attached hydrogen (secondary N) is 1. The molecule has 1 aromatic heterocycles. The van der Waals surface area contributed by atoms with Gasteiger partial charge in [0.15, 0.2) is 0 Å². The number of carboxylic acids is 1. The smallest absolute Gasteiger partial charge is 0.326 e. The van der Waals surface area contributed by atoms with E-state index in [4.69, 9.17) is 4.74 Å². The van der Waals surface area contributed by atoms with E-state index in [1.54, 1.807) is 36.5 Å². The van der Waals surface area contributed by atoms with Crippen LogP contribution in [-0.2, 0) is 9.59 Å². The summed E-state index contributed by atoms with van der Waals surface area (Å²) in [6, 6.07) is 12.2. The number of carbonyl (C=O) groups is 2. The van der Waals surface area contributed by atoms with Crippen molar-refractivity contribution < 1.29 is 19.4 Å². The van der Waals surface area contributed by atoms with Crippen molar-refractivity contribution in [2.75, 3.05) is 12.0 Å². The summed E-state index contributed by atoms with van der Waals surface area (Å²) >= 11 is 1.54. The molecule has 0 unspecified atom stereocenters. The number of amides is 1. The second kappa shape index (κ2) is 11.2. The average Bonchev–Trinajstić information content (AvgIpc) is 2.81. The summed E-state index contributed by atoms with van der Waals surface area (Å²) in [4.78, 5) is 28.6. The monoisotopic (exact) mass is 436 g/mol. The van der Waals surface area contributed by atoms with Gasteiger partial charge in [0.1, 0.15) is 11.8 Å². The summed E-state index contributed by atoms with van der Waals surface area (Å²) in [6.07, 6.45) is 11.4. The van der Waals surface area contributed by atoms with Crippen molar-refractivity contribution in [2.24, 2.45) is 0 Å². The maximum atomic E-state index is 13.0. The standard InChI is InChI=1S/C24H24N2O4S/c1-31-13-11-22(24(28)29)26-23(27)20-10-9-17(16-30-19-8-5-12-25-15-19)14-21(20)18-6-3-2-4-7-18/h2-8,10,12,14-16,22H,9,11,13H2,1H3,(H,26,27)(H,28,29)/t22-/m0/s1. The minimum Gasteiger partial charge on any atom is -0.480 e. The van der Waals surface area contributed by atoms with E-state index in [0.29, 0.717) is 29.9 Å². The number of aliphatic carboxylic acids is 1. The third-order valence-electron chi connectivity index (χ3n) is 4.69. The van der Waals surface area contributed by atoms with Gasteiger partial charge < -0.3 is 15.2 Å². The Balaban J connectivity index is 1.84. The van der Waals surface area contributed by atoms with E-state index in [0.717, 1.165) is 16.7 Å². The number of benzene rings is 1. The Morgan fingerprint density at radius 3 is 2.74 bits per heavy atom. The van der Waals surface area contributed by atoms with Crippen LogP contribution >= 0.6 is 11.8 Å². The molecule has 0 bridgehead atoms. The van der Waals surface area contributed by atoms with E-state index in [-0.39, 0.29) is 0 Å². The highest BCUT2D eigenvalue weighted by Crippen LogP contribution is 2.31. The maximum Gasteiger partial charge on any atom is 0.326 e. The number of pyridine rings is 1. The van der Waals surface area contributed by atoms with Crippen LogP contribution in [0.2, 0.25) is 0 Å². The zero-order valence-electron chi connectivity index (χ0n) is 17.2. The van der Waals surface area contributed by atoms with E-state index in [2.05, 4.69) is 10.3 Å². The highest BCUT2D eigenvalue weighted by atomic mass is 32.2. The van der Waals surface area contributed by atoms with Gasteiger partial charge in [0.2, 0.25) is 0 Å². The average molecular weight is 437 g/mol. The van der Waals surface area contributed by atoms with Gasteiger partial charge in [-0.2, -0.15) is 11.8 Å². The predicted octanol–water partition coefficient (Wildman–Crippen LogP) is 4.08. The van der Waals surface area contributed by atoms with Gasteiger partial charge >= 0.3 is 5.97 Å². The van der Waals surface area contributed by atoms with Crippen molar-refractivity contribution in [3.05, 3.63) is 90.0 Å². The van der Waals surface area contributed by atoms with Crippen molar-refractivity contribution in [3.8, 4) is 5.75 Å². The number of carbonyl (C=O) groups excluding carboxylic acids is 1. The van der Waals surface area contributed by atoms with Gasteiger partial charge in [-0.1, -0.05) is 36.4 Å². The lowest BCUT2D eigenvalue weighted by Crippen LogP contribution is -2.42. The van der Waals surface area contributed by atoms with Gasteiger partial charge in [0.05, 0.1) is 12.5 Å². The van der Waals surface area contributed by atoms with Crippen LogP contribution in [-0.4, -0.2) is 40.0 Å². The van der Waals surface area contributed by atoms with Gasteiger partial charge in [0, 0.05) is 11.8 Å². The number of nitrogens with zero attached hydrogens (tertiary/aromatic N) is 1. The topological polar surface area (TPSA) is 88.5 Å². The molecule has 1 aromatic carbocycles. The number of ether oxygens (including phenoxy) is 1. The van der Waals surface area contributed by atoms with Crippen LogP contribution in [0.25, 0.3) is 5.57 Å². The largest absolute Gasteiger partial charge is 0.480 e. The summed E-state index contributed by atoms with van der Waals surface area (Å²) in [6.45, 7) is 0. The Bertz CT molecular complexity index is 1000. The third-order valence-corrected chi connectivity index (χ3v) is 5.33. The lowest BCUT2D eigenvalue weighted by atomic mass is 9.89. The molecule has 3 rings (SSSR count). The van der Waals surface area contributed by atoms with Gasteiger partial charge in [-0.25, -0.2) is 4.79 Å². The lowest BCUT2D eigenvalue weighted by Gasteiger charge is -2.20. The summed E-state index contributed by atoms with van der Waals surface area (Å²) < 4.78 is 5.69. The molecule has 1 amide bonds. The fourth-order valence-corrected chi connectivity index (χ4v) is 3.57. The fraction of sp³-hybridized carbons (Fsp3) is 0.208. The van der Waals surface area contributed by atoms with Crippen LogP contribution in [0, 0.1) is 0 Å². The summed E-state index contributed by atoms with van der Waals surface area (Å²) in [5, 5.41) is 12.1. The molecule has 6 nitrogen and oxygen atoms in total. The Kier molecular flexibility index (Phi) is 8.06. The van der Waals surface area contributed by atoms with E-state index < -0.39 is 17.9 Å². The lowest BCUT2D eigenvalue weighted by molar-refractivity contribution is -0.141. The molecule has 1 heterocycles. The Morgan fingerprint density at radius 1 is 1.26 bits per heavy atom. The molecule has 1 aliphatic carbocycles. The molecule has 160 valence electrons. The number of hydrogen-bond acceptors (Lipinski definition) is 5. The van der Waals surface area contributed by atoms with Crippen molar-refractivity contribution in [1.29, 1.82) is 0 Å². The zero-order chi connectivity index (χ0) is 22.1. The first kappa shape index (κ1) is 22.4. The minimum atomic E-state index is -1.03. The Labute approximate surface area is 185 Å². The molecule has 2 aromatic rings. The van der Waals surface area contributed by atoms with Gasteiger partial charge in [-0.05, 0) is 59.8 Å². The molecule has 1 atom stereocenters. The van der Waals surface area contributed by atoms with E-state index in [9.17, 15) is 14.7 Å². The molecular weight excluding hydrogens is 412 g/mol. The molecule has 0 fully saturated rings. The predicted molar refractivity (Wildman–Crippen MR) is 123 cm³/mol. The molecule has 0 saturated carbocycles. The van der Waals surface area contributed by atoms with Crippen LogP contribution < -0.4 is 10.1 Å². The maximum absolute atomic E-state index is 13.0. The van der Waals surface area contributed by atoms with Crippen LogP contribution in [0.4, 0.5) is 0 Å². The van der Waals surface area contributed by atoms with E-state index >= 15 is 0 Å². The first-order valence-corrected chi connectivity index (χ1v) is 11.2. The minimum absolute atomic E-state index is 0.365. The van der Waals surface area contributed by atoms with Gasteiger partial charge in [0.25, 0.3) is 5.91 Å². The summed E-state index contributed by atoms with van der Waals surface area (Å²) in [5.74, 6) is -0.156. The van der Waals surface area contributed by atoms with Crippen LogP contribution in [0.15, 0.2) is 84.4 Å². The van der Waals surface area contributed by atoms with Crippen molar-refractivity contribution in [3.63, 3.8) is 0 Å². The SMILES string of the molecule is CSCC[C@H](NC(=O)C1=CCC(=COc2cccnc2)C=C1c1ccccc1)C(=O)O. The second-order valence-electron chi connectivity index (χ2n) is 6.89. The molecule has 7 heteroatoms. The summed E-state index contributed by atoms with van der Waals surface area (Å²) in [5.41, 5.74) is 2.93. The fourth-order valence-electron chi connectivity index (χ4n) is 3.10. The molecule has 2 N–H and O–H groups in total. The van der Waals surface area contributed by atoms with E-state index in [1.165, 1.54) is 0 Å². The molecular formula is C24H24N2O4S.